The minimum absolute atomic E-state index is 0.0104. The second kappa shape index (κ2) is 7.41. The summed E-state index contributed by atoms with van der Waals surface area (Å²) in [6.07, 6.45) is 2.44. The maximum Gasteiger partial charge on any atom is 0.184 e. The average molecular weight is 322 g/mol. The van der Waals surface area contributed by atoms with Crippen molar-refractivity contribution in [2.24, 2.45) is 23.5 Å². The van der Waals surface area contributed by atoms with Crippen molar-refractivity contribution in [1.82, 2.24) is 0 Å². The highest BCUT2D eigenvalue weighted by molar-refractivity contribution is 5.65. The lowest BCUT2D eigenvalue weighted by atomic mass is 9.75. The zero-order chi connectivity index (χ0) is 17.1. The zero-order valence-electron chi connectivity index (χ0n) is 14.3. The largest absolute Gasteiger partial charge is 0.504 e. The molecule has 6 N–H and O–H groups in total. The van der Waals surface area contributed by atoms with E-state index in [9.17, 15) is 10.2 Å². The van der Waals surface area contributed by atoms with E-state index in [1.165, 1.54) is 12.5 Å². The Morgan fingerprint density at radius 2 is 2.00 bits per heavy atom. The minimum Gasteiger partial charge on any atom is -0.504 e. The summed E-state index contributed by atoms with van der Waals surface area (Å²) < 4.78 is 6.17. The van der Waals surface area contributed by atoms with E-state index in [1.54, 1.807) is 6.07 Å². The Morgan fingerprint density at radius 1 is 1.30 bits per heavy atom. The number of phenols is 1. The summed E-state index contributed by atoms with van der Waals surface area (Å²) in [5, 5.41) is 20.1. The lowest BCUT2D eigenvalue weighted by Crippen LogP contribution is -2.36. The van der Waals surface area contributed by atoms with Crippen molar-refractivity contribution in [2.75, 3.05) is 12.3 Å². The van der Waals surface area contributed by atoms with E-state index in [0.717, 1.165) is 12.8 Å². The van der Waals surface area contributed by atoms with Gasteiger partial charge in [0.25, 0.3) is 0 Å². The maximum absolute atomic E-state index is 10.2. The molecule has 1 aromatic rings. The van der Waals surface area contributed by atoms with Crippen LogP contribution in [0.5, 0.6) is 11.5 Å². The van der Waals surface area contributed by atoms with Crippen LogP contribution < -0.4 is 16.2 Å². The molecule has 0 spiro atoms. The smallest absolute Gasteiger partial charge is 0.184 e. The number of nitrogen functional groups attached to an aromatic ring is 1. The van der Waals surface area contributed by atoms with Gasteiger partial charge in [-0.05, 0) is 36.7 Å². The fraction of sp³-hybridized carbons (Fsp3) is 0.667. The SMILES string of the molecule is CC(C)[C@H]1CC[C@@H](C)C[C@@H]1Oc1c(O)ccc([C@@H](O)CN)c1N. The second-order valence-corrected chi connectivity index (χ2v) is 7.15. The highest BCUT2D eigenvalue weighted by Crippen LogP contribution is 2.42. The van der Waals surface area contributed by atoms with Gasteiger partial charge in [-0.15, -0.1) is 0 Å². The summed E-state index contributed by atoms with van der Waals surface area (Å²) in [5.74, 6) is 1.83. The quantitative estimate of drug-likeness (QED) is 0.624. The normalized spacial score (nSPS) is 26.3. The van der Waals surface area contributed by atoms with Gasteiger partial charge in [0.15, 0.2) is 11.5 Å². The molecule has 0 aliphatic heterocycles. The summed E-state index contributed by atoms with van der Waals surface area (Å²) in [6, 6.07) is 3.11. The Morgan fingerprint density at radius 3 is 2.61 bits per heavy atom. The van der Waals surface area contributed by atoms with Crippen molar-refractivity contribution < 1.29 is 14.9 Å². The van der Waals surface area contributed by atoms with Gasteiger partial charge in [-0.25, -0.2) is 0 Å². The third-order valence-electron chi connectivity index (χ3n) is 5.02. The lowest BCUT2D eigenvalue weighted by Gasteiger charge is -2.37. The number of anilines is 1. The molecular weight excluding hydrogens is 292 g/mol. The van der Waals surface area contributed by atoms with Gasteiger partial charge < -0.3 is 26.4 Å². The molecule has 4 atom stereocenters. The fourth-order valence-corrected chi connectivity index (χ4v) is 3.55. The van der Waals surface area contributed by atoms with Crippen LogP contribution in [0.2, 0.25) is 0 Å². The first-order chi connectivity index (χ1) is 10.8. The van der Waals surface area contributed by atoms with Gasteiger partial charge >= 0.3 is 0 Å². The Bertz CT molecular complexity index is 533. The van der Waals surface area contributed by atoms with E-state index >= 15 is 0 Å². The van der Waals surface area contributed by atoms with Gasteiger partial charge in [-0.1, -0.05) is 33.3 Å². The van der Waals surface area contributed by atoms with Crippen LogP contribution in [0.15, 0.2) is 12.1 Å². The number of rotatable bonds is 5. The molecule has 1 aliphatic carbocycles. The first kappa shape index (κ1) is 17.9. The number of hydrogen-bond acceptors (Lipinski definition) is 5. The number of ether oxygens (including phenoxy) is 1. The molecular formula is C18H30N2O3. The summed E-state index contributed by atoms with van der Waals surface area (Å²) in [5.41, 5.74) is 12.4. The van der Waals surface area contributed by atoms with Crippen LogP contribution in [0.1, 0.15) is 51.7 Å². The van der Waals surface area contributed by atoms with Crippen molar-refractivity contribution in [3.63, 3.8) is 0 Å². The van der Waals surface area contributed by atoms with E-state index in [1.807, 2.05) is 0 Å². The molecule has 130 valence electrons. The van der Waals surface area contributed by atoms with Crippen molar-refractivity contribution in [3.05, 3.63) is 17.7 Å². The number of aromatic hydroxyl groups is 1. The topological polar surface area (TPSA) is 102 Å². The molecule has 0 unspecified atom stereocenters. The average Bonchev–Trinajstić information content (AvgIpc) is 2.50. The molecule has 2 rings (SSSR count). The molecule has 0 bridgehead atoms. The maximum atomic E-state index is 10.2. The third kappa shape index (κ3) is 3.90. The van der Waals surface area contributed by atoms with Crippen LogP contribution in [0, 0.1) is 17.8 Å². The molecule has 0 radical (unpaired) electrons. The Balaban J connectivity index is 2.30. The van der Waals surface area contributed by atoms with Crippen LogP contribution in [0.3, 0.4) is 0 Å². The van der Waals surface area contributed by atoms with E-state index in [2.05, 4.69) is 20.8 Å². The van der Waals surface area contributed by atoms with Crippen LogP contribution >= 0.6 is 0 Å². The number of aliphatic hydroxyl groups is 1. The Hall–Kier alpha value is -1.46. The van der Waals surface area contributed by atoms with E-state index < -0.39 is 6.10 Å². The van der Waals surface area contributed by atoms with Crippen molar-refractivity contribution in [1.29, 1.82) is 0 Å². The highest BCUT2D eigenvalue weighted by Gasteiger charge is 2.33. The fourth-order valence-electron chi connectivity index (χ4n) is 3.55. The predicted molar refractivity (Wildman–Crippen MR) is 92.3 cm³/mol. The molecule has 5 heteroatoms. The number of aliphatic hydroxyl groups excluding tert-OH is 1. The number of benzene rings is 1. The van der Waals surface area contributed by atoms with Crippen LogP contribution in [-0.2, 0) is 0 Å². The molecule has 0 aromatic heterocycles. The van der Waals surface area contributed by atoms with Gasteiger partial charge in [0, 0.05) is 12.1 Å². The Labute approximate surface area is 138 Å². The molecule has 0 amide bonds. The summed E-state index contributed by atoms with van der Waals surface area (Å²) in [6.45, 7) is 6.71. The molecule has 5 nitrogen and oxygen atoms in total. The minimum atomic E-state index is -0.857. The molecule has 0 saturated heterocycles. The number of phenolic OH excluding ortho intramolecular Hbond substituents is 1. The zero-order valence-corrected chi connectivity index (χ0v) is 14.3. The molecule has 1 aliphatic rings. The first-order valence-corrected chi connectivity index (χ1v) is 8.51. The van der Waals surface area contributed by atoms with Crippen LogP contribution in [0.4, 0.5) is 5.69 Å². The van der Waals surface area contributed by atoms with Crippen molar-refractivity contribution >= 4 is 5.69 Å². The van der Waals surface area contributed by atoms with Gasteiger partial charge in [0.05, 0.1) is 11.8 Å². The van der Waals surface area contributed by atoms with E-state index in [-0.39, 0.29) is 29.8 Å². The van der Waals surface area contributed by atoms with Crippen LogP contribution in [-0.4, -0.2) is 22.9 Å². The second-order valence-electron chi connectivity index (χ2n) is 7.15. The number of nitrogens with two attached hydrogens (primary N) is 2. The monoisotopic (exact) mass is 322 g/mol. The highest BCUT2D eigenvalue weighted by atomic mass is 16.5. The van der Waals surface area contributed by atoms with E-state index in [4.69, 9.17) is 16.2 Å². The van der Waals surface area contributed by atoms with Gasteiger partial charge in [0.2, 0.25) is 0 Å². The van der Waals surface area contributed by atoms with Gasteiger partial charge in [0.1, 0.15) is 6.10 Å². The molecule has 1 fully saturated rings. The number of hydrogen-bond donors (Lipinski definition) is 4. The summed E-state index contributed by atoms with van der Waals surface area (Å²) in [4.78, 5) is 0. The van der Waals surface area contributed by atoms with Gasteiger partial charge in [-0.3, -0.25) is 0 Å². The molecule has 1 saturated carbocycles. The summed E-state index contributed by atoms with van der Waals surface area (Å²) >= 11 is 0. The van der Waals surface area contributed by atoms with Gasteiger partial charge in [-0.2, -0.15) is 0 Å². The first-order valence-electron chi connectivity index (χ1n) is 8.51. The van der Waals surface area contributed by atoms with Crippen molar-refractivity contribution in [2.45, 2.75) is 52.2 Å². The molecule has 1 aromatic carbocycles. The van der Waals surface area contributed by atoms with E-state index in [0.29, 0.717) is 23.3 Å². The van der Waals surface area contributed by atoms with Crippen LogP contribution in [0.25, 0.3) is 0 Å². The lowest BCUT2D eigenvalue weighted by molar-refractivity contribution is 0.0444. The molecule has 23 heavy (non-hydrogen) atoms. The van der Waals surface area contributed by atoms with Crippen molar-refractivity contribution in [3.8, 4) is 11.5 Å². The standard InChI is InChI=1S/C18H30N2O3/c1-10(2)12-5-4-11(3)8-16(12)23-18-14(21)7-6-13(17(18)20)15(22)9-19/h6-7,10-12,15-16,21-22H,4-5,8-9,19-20H2,1-3H3/t11-,12-,15+,16+/m1/s1. The third-order valence-corrected chi connectivity index (χ3v) is 5.02. The Kier molecular flexibility index (Phi) is 5.76. The predicted octanol–water partition coefficient (Wildman–Crippen LogP) is 2.81. The molecule has 0 heterocycles. The summed E-state index contributed by atoms with van der Waals surface area (Å²) in [7, 11) is 0.